The highest BCUT2D eigenvalue weighted by atomic mass is 15.1. The molecule has 0 unspecified atom stereocenters. The average Bonchev–Trinajstić information content (AvgIpc) is 3.73. The van der Waals surface area contributed by atoms with Gasteiger partial charge in [0.25, 0.3) is 0 Å². The van der Waals surface area contributed by atoms with E-state index in [4.69, 9.17) is 6.85 Å². The summed E-state index contributed by atoms with van der Waals surface area (Å²) in [5.41, 5.74) is 17.4. The van der Waals surface area contributed by atoms with E-state index in [0.29, 0.717) is 5.56 Å². The van der Waals surface area contributed by atoms with Gasteiger partial charge in [-0.3, -0.25) is 0 Å². The molecule has 11 aromatic rings. The smallest absolute Gasteiger partial charge is 0.0713 e. The number of fused-ring (bicyclic) bond motifs is 4. The maximum Gasteiger partial charge on any atom is 0.0713 e. The van der Waals surface area contributed by atoms with Crippen LogP contribution in [0.5, 0.6) is 0 Å². The largest absolute Gasteiger partial charge is 0.310 e. The van der Waals surface area contributed by atoms with Gasteiger partial charge in [-0.1, -0.05) is 236 Å². The van der Waals surface area contributed by atoms with Crippen molar-refractivity contribution in [2.75, 3.05) is 4.90 Å². The molecule has 0 saturated carbocycles. The standard InChI is InChI=1S/C65H45N/c1-5-17-46(18-6-1)48-35-40-55(41-36-48)66(56-42-37-49(38-43-56)47-19-7-2-8-20-47)64-30-16-27-58-57(26-15-28-61(58)64)51-33-31-50(32-34-51)52-39-44-60-59-25-13-14-29-62(59)65(63(60)45-52,53-21-9-3-10-22-53)54-23-11-4-12-24-54/h1-45H/i1D,5D,6D,17D,18D. The zero-order chi connectivity index (χ0) is 48.2. The molecule has 1 aliphatic rings. The van der Waals surface area contributed by atoms with Crippen LogP contribution in [-0.4, -0.2) is 0 Å². The highest BCUT2D eigenvalue weighted by molar-refractivity contribution is 6.06. The lowest BCUT2D eigenvalue weighted by Gasteiger charge is -2.34. The zero-order valence-corrected chi connectivity index (χ0v) is 36.0. The molecule has 0 spiro atoms. The molecule has 0 radical (unpaired) electrons. The highest BCUT2D eigenvalue weighted by Crippen LogP contribution is 2.56. The molecule has 0 amide bonds. The van der Waals surface area contributed by atoms with Crippen LogP contribution in [0.15, 0.2) is 273 Å². The number of nitrogens with zero attached hydrogens (tertiary/aromatic N) is 1. The normalized spacial score (nSPS) is 13.4. The number of benzene rings is 11. The Labute approximate surface area is 394 Å². The average molecular weight is 845 g/mol. The number of hydrogen-bond acceptors (Lipinski definition) is 1. The Hall–Kier alpha value is -8.52. The molecule has 0 atom stereocenters. The Balaban J connectivity index is 0.944. The third kappa shape index (κ3) is 6.64. The third-order valence-electron chi connectivity index (χ3n) is 13.3. The van der Waals surface area contributed by atoms with Crippen LogP contribution in [0.1, 0.15) is 29.1 Å². The van der Waals surface area contributed by atoms with Gasteiger partial charge < -0.3 is 4.90 Å². The molecule has 12 rings (SSSR count). The van der Waals surface area contributed by atoms with Gasteiger partial charge in [-0.15, -0.1) is 0 Å². The van der Waals surface area contributed by atoms with E-state index in [1.54, 1.807) is 0 Å². The molecule has 310 valence electrons. The van der Waals surface area contributed by atoms with Crippen LogP contribution in [0.3, 0.4) is 0 Å². The summed E-state index contributed by atoms with van der Waals surface area (Å²) in [5.74, 6) is 0. The Morgan fingerprint density at radius 2 is 0.773 bits per heavy atom. The van der Waals surface area contributed by atoms with E-state index in [0.717, 1.165) is 61.2 Å². The van der Waals surface area contributed by atoms with Gasteiger partial charge >= 0.3 is 0 Å². The Morgan fingerprint density at radius 3 is 1.44 bits per heavy atom. The van der Waals surface area contributed by atoms with Crippen LogP contribution < -0.4 is 4.90 Å². The first-order chi connectivity index (χ1) is 34.8. The van der Waals surface area contributed by atoms with Gasteiger partial charge in [-0.25, -0.2) is 0 Å². The van der Waals surface area contributed by atoms with E-state index < -0.39 is 11.5 Å². The van der Waals surface area contributed by atoms with E-state index in [9.17, 15) is 0 Å². The summed E-state index contributed by atoms with van der Waals surface area (Å²) >= 11 is 0. The van der Waals surface area contributed by atoms with Crippen LogP contribution in [0, 0.1) is 0 Å². The first-order valence-electron chi connectivity index (χ1n) is 24.9. The number of rotatable bonds is 9. The van der Waals surface area contributed by atoms with Crippen molar-refractivity contribution in [1.82, 2.24) is 0 Å². The molecule has 66 heavy (non-hydrogen) atoms. The fourth-order valence-electron chi connectivity index (χ4n) is 10.2. The van der Waals surface area contributed by atoms with E-state index in [1.807, 2.05) is 42.5 Å². The SMILES string of the molecule is [2H]c1c([2H])c([2H])c(-c2ccc(N(c3ccc(-c4ccccc4)cc3)c3cccc4c(-c5ccc(-c6ccc7c(c6)C(c6ccccc6)(c6ccccc6)c6ccccc6-7)cc5)cccc34)cc2)c([2H])c1[2H]. The van der Waals surface area contributed by atoms with Gasteiger partial charge in [0.05, 0.1) is 18.0 Å². The molecule has 0 heterocycles. The van der Waals surface area contributed by atoms with Crippen molar-refractivity contribution >= 4 is 27.8 Å². The van der Waals surface area contributed by atoms with Crippen molar-refractivity contribution in [2.24, 2.45) is 0 Å². The van der Waals surface area contributed by atoms with E-state index in [2.05, 4.69) is 205 Å². The molecule has 0 fully saturated rings. The summed E-state index contributed by atoms with van der Waals surface area (Å²) in [5, 5.41) is 2.16. The minimum absolute atomic E-state index is 0.177. The van der Waals surface area contributed by atoms with Crippen LogP contribution in [-0.2, 0) is 5.41 Å². The number of anilines is 3. The zero-order valence-electron chi connectivity index (χ0n) is 41.0. The van der Waals surface area contributed by atoms with Gasteiger partial charge in [0.15, 0.2) is 0 Å². The predicted molar refractivity (Wildman–Crippen MR) is 278 cm³/mol. The third-order valence-corrected chi connectivity index (χ3v) is 13.3. The fraction of sp³-hybridized carbons (Fsp3) is 0.0154. The lowest BCUT2D eigenvalue weighted by atomic mass is 9.67. The molecule has 1 aliphatic carbocycles. The van der Waals surface area contributed by atoms with Crippen molar-refractivity contribution in [1.29, 1.82) is 0 Å². The summed E-state index contributed by atoms with van der Waals surface area (Å²) in [6, 6.07) is 84.5. The second-order valence-corrected chi connectivity index (χ2v) is 16.8. The first-order valence-corrected chi connectivity index (χ1v) is 22.4. The molecule has 0 saturated heterocycles. The maximum absolute atomic E-state index is 8.65. The predicted octanol–water partition coefficient (Wildman–Crippen LogP) is 17.3. The lowest BCUT2D eigenvalue weighted by Crippen LogP contribution is -2.28. The molecule has 1 nitrogen and oxygen atoms in total. The molecular formula is C65H45N. The van der Waals surface area contributed by atoms with E-state index in [-0.39, 0.29) is 29.7 Å². The Bertz CT molecular complexity index is 3710. The van der Waals surface area contributed by atoms with Crippen molar-refractivity contribution < 1.29 is 6.85 Å². The Kier molecular flexibility index (Phi) is 8.52. The van der Waals surface area contributed by atoms with Crippen LogP contribution in [0.2, 0.25) is 0 Å². The highest BCUT2D eigenvalue weighted by Gasteiger charge is 2.46. The monoisotopic (exact) mass is 844 g/mol. The quantitative estimate of drug-likeness (QED) is 0.140. The summed E-state index contributed by atoms with van der Waals surface area (Å²) in [7, 11) is 0. The summed E-state index contributed by atoms with van der Waals surface area (Å²) in [4.78, 5) is 2.23. The molecule has 0 aliphatic heterocycles. The summed E-state index contributed by atoms with van der Waals surface area (Å²) < 4.78 is 42.0. The summed E-state index contributed by atoms with van der Waals surface area (Å²) in [6.45, 7) is 0. The van der Waals surface area contributed by atoms with Gasteiger partial charge in [0.1, 0.15) is 0 Å². The van der Waals surface area contributed by atoms with Gasteiger partial charge in [-0.05, 0) is 120 Å². The van der Waals surface area contributed by atoms with Crippen LogP contribution in [0.25, 0.3) is 66.4 Å². The number of hydrogen-bond donors (Lipinski definition) is 0. The molecule has 0 N–H and O–H groups in total. The van der Waals surface area contributed by atoms with Crippen molar-refractivity contribution in [3.05, 3.63) is 295 Å². The lowest BCUT2D eigenvalue weighted by molar-refractivity contribution is 0.769. The minimum Gasteiger partial charge on any atom is -0.310 e. The second-order valence-electron chi connectivity index (χ2n) is 16.8. The van der Waals surface area contributed by atoms with E-state index in [1.165, 1.54) is 33.4 Å². The van der Waals surface area contributed by atoms with Crippen molar-refractivity contribution in [2.45, 2.75) is 5.41 Å². The fourth-order valence-corrected chi connectivity index (χ4v) is 10.2. The molecule has 11 aromatic carbocycles. The maximum atomic E-state index is 8.65. The van der Waals surface area contributed by atoms with Gasteiger partial charge in [-0.2, -0.15) is 0 Å². The minimum atomic E-state index is -0.477. The summed E-state index contributed by atoms with van der Waals surface area (Å²) in [6.07, 6.45) is 0. The second kappa shape index (κ2) is 16.6. The molecule has 0 bridgehead atoms. The van der Waals surface area contributed by atoms with Crippen LogP contribution >= 0.6 is 0 Å². The van der Waals surface area contributed by atoms with Crippen LogP contribution in [0.4, 0.5) is 17.1 Å². The molecule has 1 heteroatoms. The molecular weight excluding hydrogens is 795 g/mol. The molecule has 0 aromatic heterocycles. The first kappa shape index (κ1) is 34.0. The van der Waals surface area contributed by atoms with Gasteiger partial charge in [0, 0.05) is 16.8 Å². The van der Waals surface area contributed by atoms with Crippen molar-refractivity contribution in [3.63, 3.8) is 0 Å². The Morgan fingerprint density at radius 1 is 0.303 bits per heavy atom. The van der Waals surface area contributed by atoms with E-state index >= 15 is 0 Å². The van der Waals surface area contributed by atoms with Gasteiger partial charge in [0.2, 0.25) is 0 Å². The topological polar surface area (TPSA) is 3.24 Å². The van der Waals surface area contributed by atoms with Crippen molar-refractivity contribution in [3.8, 4) is 55.6 Å².